The van der Waals surface area contributed by atoms with Gasteiger partial charge in [0.15, 0.2) is 9.84 Å². The lowest BCUT2D eigenvalue weighted by Gasteiger charge is -2.21. The number of ether oxygens (including phenoxy) is 1. The fourth-order valence-electron chi connectivity index (χ4n) is 2.29. The molecule has 2 rings (SSSR count). The minimum absolute atomic E-state index is 0.0102. The second-order valence-corrected chi connectivity index (χ2v) is 7.70. The van der Waals surface area contributed by atoms with Crippen molar-refractivity contribution in [1.82, 2.24) is 0 Å². The average Bonchev–Trinajstić information content (AvgIpc) is 2.47. The first kappa shape index (κ1) is 14.0. The molecule has 6 heteroatoms. The van der Waals surface area contributed by atoms with E-state index in [4.69, 9.17) is 0 Å². The van der Waals surface area contributed by atoms with Gasteiger partial charge < -0.3 is 9.84 Å². The van der Waals surface area contributed by atoms with Crippen LogP contribution in [-0.4, -0.2) is 31.4 Å². The molecule has 0 radical (unpaired) electrons. The van der Waals surface area contributed by atoms with Crippen LogP contribution in [0.2, 0.25) is 0 Å². The number of methoxy groups -OCH3 is 1. The van der Waals surface area contributed by atoms with Gasteiger partial charge in [-0.3, -0.25) is 0 Å². The van der Waals surface area contributed by atoms with E-state index in [2.05, 4.69) is 4.74 Å². The van der Waals surface area contributed by atoms with Crippen molar-refractivity contribution in [3.05, 3.63) is 28.8 Å². The first-order chi connectivity index (χ1) is 8.64. The summed E-state index contributed by atoms with van der Waals surface area (Å²) in [5, 5.41) is 10.2. The van der Waals surface area contributed by atoms with Crippen molar-refractivity contribution in [2.45, 2.75) is 36.5 Å². The summed E-state index contributed by atoms with van der Waals surface area (Å²) in [5.74, 6) is -0.588. The summed E-state index contributed by atoms with van der Waals surface area (Å²) in [6.45, 7) is 4.62. The number of aliphatic hydroxyl groups excluding tert-OH is 1. The molecule has 0 saturated carbocycles. The molecule has 0 fully saturated rings. The van der Waals surface area contributed by atoms with Crippen LogP contribution in [0, 0.1) is 6.92 Å². The van der Waals surface area contributed by atoms with E-state index in [0.717, 1.165) is 0 Å². The van der Waals surface area contributed by atoms with Crippen LogP contribution in [0.1, 0.15) is 41.4 Å². The summed E-state index contributed by atoms with van der Waals surface area (Å²) in [6.07, 6.45) is -1.10. The third-order valence-electron chi connectivity index (χ3n) is 3.70. The fraction of sp³-hybridized carbons (Fsp3) is 0.462. The van der Waals surface area contributed by atoms with Crippen molar-refractivity contribution in [2.24, 2.45) is 0 Å². The normalized spacial score (nSPS) is 22.9. The number of aryl methyl sites for hydroxylation is 1. The molecule has 1 aliphatic heterocycles. The lowest BCUT2D eigenvalue weighted by molar-refractivity contribution is 0.0599. The maximum atomic E-state index is 12.4. The van der Waals surface area contributed by atoms with Gasteiger partial charge in [-0.2, -0.15) is 0 Å². The Bertz CT molecular complexity index is 658. The molecule has 0 amide bonds. The summed E-state index contributed by atoms with van der Waals surface area (Å²) < 4.78 is 28.1. The highest BCUT2D eigenvalue weighted by atomic mass is 32.2. The number of rotatable bonds is 1. The Morgan fingerprint density at radius 3 is 2.47 bits per heavy atom. The lowest BCUT2D eigenvalue weighted by atomic mass is 9.95. The van der Waals surface area contributed by atoms with E-state index in [1.54, 1.807) is 13.0 Å². The summed E-state index contributed by atoms with van der Waals surface area (Å²) in [7, 11) is -2.43. The number of sulfone groups is 1. The topological polar surface area (TPSA) is 80.7 Å². The molecule has 1 N–H and O–H groups in total. The van der Waals surface area contributed by atoms with Gasteiger partial charge in [0.2, 0.25) is 0 Å². The number of carbonyl (C=O) groups is 1. The van der Waals surface area contributed by atoms with Crippen molar-refractivity contribution >= 4 is 15.8 Å². The summed E-state index contributed by atoms with van der Waals surface area (Å²) in [6, 6.07) is 2.84. The quantitative estimate of drug-likeness (QED) is 0.788. The smallest absolute Gasteiger partial charge is 0.338 e. The standard InChI is InChI=1S/C13H16O5S/c1-7-5-9-10(6-8(7)12(15)18-4)19(16,17)13(2,3)11(9)14/h5-6,11,14H,1-4H3. The maximum Gasteiger partial charge on any atom is 0.338 e. The van der Waals surface area contributed by atoms with E-state index < -0.39 is 26.7 Å². The van der Waals surface area contributed by atoms with Crippen molar-refractivity contribution < 1.29 is 23.1 Å². The zero-order valence-corrected chi connectivity index (χ0v) is 12.0. The average molecular weight is 284 g/mol. The molecule has 5 nitrogen and oxygen atoms in total. The van der Waals surface area contributed by atoms with Gasteiger partial charge in [0.25, 0.3) is 0 Å². The first-order valence-electron chi connectivity index (χ1n) is 5.80. The van der Waals surface area contributed by atoms with Crippen molar-refractivity contribution in [3.63, 3.8) is 0 Å². The minimum atomic E-state index is -3.67. The maximum absolute atomic E-state index is 12.4. The SMILES string of the molecule is COC(=O)c1cc2c(cc1C)C(O)C(C)(C)S2(=O)=O. The monoisotopic (exact) mass is 284 g/mol. The number of hydrogen-bond acceptors (Lipinski definition) is 5. The van der Waals surface area contributed by atoms with Crippen molar-refractivity contribution in [2.75, 3.05) is 7.11 Å². The molecule has 1 atom stereocenters. The number of aliphatic hydroxyl groups is 1. The molecule has 19 heavy (non-hydrogen) atoms. The van der Waals surface area contributed by atoms with Gasteiger partial charge in [0, 0.05) is 5.56 Å². The predicted octanol–water partition coefficient (Wildman–Crippen LogP) is 1.38. The van der Waals surface area contributed by atoms with Gasteiger partial charge in [0.05, 0.1) is 23.7 Å². The molecule has 1 aromatic carbocycles. The van der Waals surface area contributed by atoms with Gasteiger partial charge in [-0.25, -0.2) is 13.2 Å². The fourth-order valence-corrected chi connectivity index (χ4v) is 4.03. The third-order valence-corrected chi connectivity index (χ3v) is 6.24. The van der Waals surface area contributed by atoms with E-state index in [1.807, 2.05) is 0 Å². The zero-order valence-electron chi connectivity index (χ0n) is 11.2. The molecular weight excluding hydrogens is 268 g/mol. The van der Waals surface area contributed by atoms with Gasteiger partial charge in [0.1, 0.15) is 4.75 Å². The van der Waals surface area contributed by atoms with Gasteiger partial charge >= 0.3 is 5.97 Å². The highest BCUT2D eigenvalue weighted by Gasteiger charge is 2.51. The van der Waals surface area contributed by atoms with Crippen LogP contribution in [-0.2, 0) is 14.6 Å². The molecule has 0 saturated heterocycles. The molecule has 1 aromatic rings. The van der Waals surface area contributed by atoms with Crippen molar-refractivity contribution in [3.8, 4) is 0 Å². The second kappa shape index (κ2) is 4.05. The predicted molar refractivity (Wildman–Crippen MR) is 68.7 cm³/mol. The Morgan fingerprint density at radius 1 is 1.37 bits per heavy atom. The largest absolute Gasteiger partial charge is 0.465 e. The molecule has 0 aromatic heterocycles. The highest BCUT2D eigenvalue weighted by molar-refractivity contribution is 7.93. The second-order valence-electron chi connectivity index (χ2n) is 5.21. The van der Waals surface area contributed by atoms with Crippen LogP contribution < -0.4 is 0 Å². The van der Waals surface area contributed by atoms with E-state index in [0.29, 0.717) is 11.1 Å². The van der Waals surface area contributed by atoms with E-state index >= 15 is 0 Å². The van der Waals surface area contributed by atoms with Crippen molar-refractivity contribution in [1.29, 1.82) is 0 Å². The molecule has 0 aliphatic carbocycles. The Morgan fingerprint density at radius 2 is 1.95 bits per heavy atom. The van der Waals surface area contributed by atoms with Crippen LogP contribution in [0.15, 0.2) is 17.0 Å². The number of esters is 1. The molecule has 1 heterocycles. The summed E-state index contributed by atoms with van der Waals surface area (Å²) in [5.41, 5.74) is 1.13. The van der Waals surface area contributed by atoms with Gasteiger partial charge in [-0.05, 0) is 32.4 Å². The Balaban J connectivity index is 2.77. The molecule has 1 aliphatic rings. The molecule has 1 unspecified atom stereocenters. The van der Waals surface area contributed by atoms with Crippen LogP contribution in [0.4, 0.5) is 0 Å². The Hall–Kier alpha value is -1.40. The minimum Gasteiger partial charge on any atom is -0.465 e. The number of fused-ring (bicyclic) bond motifs is 1. The van der Waals surface area contributed by atoms with E-state index in [-0.39, 0.29) is 10.5 Å². The van der Waals surface area contributed by atoms with Crippen LogP contribution in [0.5, 0.6) is 0 Å². The molecule has 0 bridgehead atoms. The summed E-state index contributed by atoms with van der Waals surface area (Å²) in [4.78, 5) is 11.6. The molecule has 104 valence electrons. The van der Waals surface area contributed by atoms with Crippen LogP contribution >= 0.6 is 0 Å². The highest BCUT2D eigenvalue weighted by Crippen LogP contribution is 2.47. The van der Waals surface area contributed by atoms with E-state index in [9.17, 15) is 18.3 Å². The number of carbonyl (C=O) groups excluding carboxylic acids is 1. The Labute approximate surface area is 112 Å². The molecule has 0 spiro atoms. The van der Waals surface area contributed by atoms with E-state index in [1.165, 1.54) is 27.0 Å². The zero-order chi connectivity index (χ0) is 14.6. The van der Waals surface area contributed by atoms with Crippen LogP contribution in [0.3, 0.4) is 0 Å². The summed E-state index contributed by atoms with van der Waals surface area (Å²) >= 11 is 0. The van der Waals surface area contributed by atoms with Gasteiger partial charge in [-0.1, -0.05) is 6.07 Å². The Kier molecular flexibility index (Phi) is 2.98. The number of hydrogen-bond donors (Lipinski definition) is 1. The number of benzene rings is 1. The third kappa shape index (κ3) is 1.70. The van der Waals surface area contributed by atoms with Crippen LogP contribution in [0.25, 0.3) is 0 Å². The lowest BCUT2D eigenvalue weighted by Crippen LogP contribution is -2.32. The first-order valence-corrected chi connectivity index (χ1v) is 7.28. The molecular formula is C13H16O5S. The van der Waals surface area contributed by atoms with Gasteiger partial charge in [-0.15, -0.1) is 0 Å².